The second kappa shape index (κ2) is 3.27. The summed E-state index contributed by atoms with van der Waals surface area (Å²) >= 11 is 0. The van der Waals surface area contributed by atoms with Gasteiger partial charge in [-0.05, 0) is 50.5 Å². The smallest absolute Gasteiger partial charge is 0.00980 e. The lowest BCUT2D eigenvalue weighted by Crippen LogP contribution is -2.41. The summed E-state index contributed by atoms with van der Waals surface area (Å²) < 4.78 is 0. The second-order valence-electron chi connectivity index (χ2n) is 5.43. The maximum Gasteiger partial charge on any atom is 0.00980 e. The lowest BCUT2D eigenvalue weighted by Gasteiger charge is -2.37. The van der Waals surface area contributed by atoms with E-state index in [4.69, 9.17) is 0 Å². The van der Waals surface area contributed by atoms with E-state index in [0.29, 0.717) is 0 Å². The van der Waals surface area contributed by atoms with Gasteiger partial charge in [-0.1, -0.05) is 12.8 Å². The van der Waals surface area contributed by atoms with Gasteiger partial charge in [-0.25, -0.2) is 0 Å². The third kappa shape index (κ3) is 1.52. The van der Waals surface area contributed by atoms with E-state index in [0.717, 1.165) is 17.9 Å². The molecule has 0 aromatic rings. The maximum absolute atomic E-state index is 2.81. The molecular weight excluding hydrogens is 158 g/mol. The van der Waals surface area contributed by atoms with Gasteiger partial charge < -0.3 is 4.90 Å². The molecule has 0 aromatic carbocycles. The third-order valence-corrected chi connectivity index (χ3v) is 4.50. The van der Waals surface area contributed by atoms with Crippen molar-refractivity contribution in [1.29, 1.82) is 0 Å². The zero-order chi connectivity index (χ0) is 8.67. The predicted octanol–water partition coefficient (Wildman–Crippen LogP) is 2.66. The molecule has 1 saturated carbocycles. The van der Waals surface area contributed by atoms with Crippen LogP contribution in [0.5, 0.6) is 0 Å². The summed E-state index contributed by atoms with van der Waals surface area (Å²) in [4.78, 5) is 2.81. The molecule has 3 atom stereocenters. The zero-order valence-corrected chi connectivity index (χ0v) is 8.54. The first kappa shape index (κ1) is 8.28. The Labute approximate surface area is 81.5 Å². The first-order chi connectivity index (χ1) is 6.42. The monoisotopic (exact) mass is 179 g/mol. The topological polar surface area (TPSA) is 3.24 Å². The van der Waals surface area contributed by atoms with Crippen LogP contribution in [0.2, 0.25) is 0 Å². The molecule has 3 unspecified atom stereocenters. The molecule has 0 aromatic heterocycles. The van der Waals surface area contributed by atoms with Crippen LogP contribution >= 0.6 is 0 Å². The third-order valence-electron chi connectivity index (χ3n) is 4.50. The Balaban J connectivity index is 1.75. The lowest BCUT2D eigenvalue weighted by atomic mass is 9.92. The van der Waals surface area contributed by atoms with Gasteiger partial charge in [0, 0.05) is 12.6 Å². The minimum absolute atomic E-state index is 0.990. The molecule has 0 amide bonds. The van der Waals surface area contributed by atoms with Gasteiger partial charge in [0.1, 0.15) is 0 Å². The summed E-state index contributed by atoms with van der Waals surface area (Å²) in [6.07, 6.45) is 10.7. The van der Waals surface area contributed by atoms with E-state index in [9.17, 15) is 0 Å². The number of piperidine rings is 1. The van der Waals surface area contributed by atoms with Crippen molar-refractivity contribution in [2.75, 3.05) is 13.1 Å². The molecule has 0 N–H and O–H groups in total. The first-order valence-electron chi connectivity index (χ1n) is 6.16. The molecule has 13 heavy (non-hydrogen) atoms. The number of fused-ring (bicyclic) bond motifs is 3. The van der Waals surface area contributed by atoms with Gasteiger partial charge in [-0.2, -0.15) is 0 Å². The molecule has 1 aliphatic carbocycles. The van der Waals surface area contributed by atoms with E-state index in [1.54, 1.807) is 12.8 Å². The molecule has 3 fully saturated rings. The fourth-order valence-corrected chi connectivity index (χ4v) is 3.84. The average molecular weight is 179 g/mol. The van der Waals surface area contributed by atoms with Crippen molar-refractivity contribution in [3.8, 4) is 0 Å². The zero-order valence-electron chi connectivity index (χ0n) is 8.54. The molecule has 3 aliphatic rings. The molecule has 2 aliphatic heterocycles. The second-order valence-corrected chi connectivity index (χ2v) is 5.43. The average Bonchev–Trinajstić information content (AvgIpc) is 2.48. The lowest BCUT2D eigenvalue weighted by molar-refractivity contribution is 0.122. The van der Waals surface area contributed by atoms with Gasteiger partial charge in [0.25, 0.3) is 0 Å². The van der Waals surface area contributed by atoms with Crippen LogP contribution < -0.4 is 0 Å². The van der Waals surface area contributed by atoms with Crippen LogP contribution in [0.1, 0.15) is 44.9 Å². The minimum atomic E-state index is 0.990. The highest BCUT2D eigenvalue weighted by Crippen LogP contribution is 2.40. The normalized spacial score (nSPS) is 45.7. The summed E-state index contributed by atoms with van der Waals surface area (Å²) in [5, 5.41) is 0. The summed E-state index contributed by atoms with van der Waals surface area (Å²) in [6.45, 7) is 2.86. The summed E-state index contributed by atoms with van der Waals surface area (Å²) in [5.74, 6) is 2.19. The minimum Gasteiger partial charge on any atom is -0.300 e. The van der Waals surface area contributed by atoms with Crippen LogP contribution in [0.4, 0.5) is 0 Å². The van der Waals surface area contributed by atoms with E-state index in [2.05, 4.69) is 4.90 Å². The quantitative estimate of drug-likeness (QED) is 0.552. The van der Waals surface area contributed by atoms with Crippen molar-refractivity contribution in [2.45, 2.75) is 51.0 Å². The fourth-order valence-electron chi connectivity index (χ4n) is 3.84. The molecule has 1 nitrogen and oxygen atoms in total. The molecule has 2 heterocycles. The number of hydrogen-bond donors (Lipinski definition) is 0. The van der Waals surface area contributed by atoms with Crippen molar-refractivity contribution >= 4 is 0 Å². The summed E-state index contributed by atoms with van der Waals surface area (Å²) in [6, 6.07) is 0.990. The maximum atomic E-state index is 2.81. The van der Waals surface area contributed by atoms with Gasteiger partial charge in [-0.3, -0.25) is 0 Å². The van der Waals surface area contributed by atoms with Crippen molar-refractivity contribution in [1.82, 2.24) is 4.90 Å². The standard InChI is InChI=1S/C12H21N/c1-2-6-13-9-11-5-4-10(7-11)8-12(13)3-1/h10-12H,1-9H2. The van der Waals surface area contributed by atoms with Gasteiger partial charge in [0.05, 0.1) is 0 Å². The summed E-state index contributed by atoms with van der Waals surface area (Å²) in [5.41, 5.74) is 0. The van der Waals surface area contributed by atoms with E-state index in [-0.39, 0.29) is 0 Å². The Morgan fingerprint density at radius 3 is 2.77 bits per heavy atom. The molecule has 0 spiro atoms. The molecular formula is C12H21N. The van der Waals surface area contributed by atoms with Crippen LogP contribution in [-0.4, -0.2) is 24.0 Å². The number of nitrogens with zero attached hydrogens (tertiary/aromatic N) is 1. The Hall–Kier alpha value is -0.0400. The van der Waals surface area contributed by atoms with Crippen LogP contribution in [0.25, 0.3) is 0 Å². The summed E-state index contributed by atoms with van der Waals surface area (Å²) in [7, 11) is 0. The Morgan fingerprint density at radius 2 is 1.77 bits per heavy atom. The Morgan fingerprint density at radius 1 is 0.846 bits per heavy atom. The highest BCUT2D eigenvalue weighted by Gasteiger charge is 2.35. The van der Waals surface area contributed by atoms with Gasteiger partial charge in [0.15, 0.2) is 0 Å². The molecule has 0 radical (unpaired) electrons. The van der Waals surface area contributed by atoms with Crippen LogP contribution in [0, 0.1) is 11.8 Å². The van der Waals surface area contributed by atoms with Crippen LogP contribution in [-0.2, 0) is 0 Å². The van der Waals surface area contributed by atoms with Crippen molar-refractivity contribution in [2.24, 2.45) is 11.8 Å². The van der Waals surface area contributed by atoms with Crippen molar-refractivity contribution < 1.29 is 0 Å². The molecule has 2 saturated heterocycles. The Bertz CT molecular complexity index is 170. The fraction of sp³-hybridized carbons (Fsp3) is 1.00. The van der Waals surface area contributed by atoms with Gasteiger partial charge in [0.2, 0.25) is 0 Å². The highest BCUT2D eigenvalue weighted by atomic mass is 15.2. The van der Waals surface area contributed by atoms with E-state index in [1.807, 2.05) is 0 Å². The molecule has 2 bridgehead atoms. The van der Waals surface area contributed by atoms with E-state index < -0.39 is 0 Å². The number of rotatable bonds is 0. The SMILES string of the molecule is C1CCN2CC3CCC(C3)CC2C1. The van der Waals surface area contributed by atoms with E-state index >= 15 is 0 Å². The van der Waals surface area contributed by atoms with Crippen molar-refractivity contribution in [3.05, 3.63) is 0 Å². The molecule has 3 rings (SSSR count). The van der Waals surface area contributed by atoms with Crippen molar-refractivity contribution in [3.63, 3.8) is 0 Å². The first-order valence-corrected chi connectivity index (χ1v) is 6.16. The molecule has 74 valence electrons. The van der Waals surface area contributed by atoms with Crippen LogP contribution in [0.3, 0.4) is 0 Å². The predicted molar refractivity (Wildman–Crippen MR) is 54.7 cm³/mol. The highest BCUT2D eigenvalue weighted by molar-refractivity contribution is 4.89. The largest absolute Gasteiger partial charge is 0.300 e. The Kier molecular flexibility index (Phi) is 2.08. The van der Waals surface area contributed by atoms with Crippen LogP contribution in [0.15, 0.2) is 0 Å². The molecule has 1 heteroatoms. The number of hydrogen-bond acceptors (Lipinski definition) is 1. The van der Waals surface area contributed by atoms with Gasteiger partial charge >= 0.3 is 0 Å². The van der Waals surface area contributed by atoms with Gasteiger partial charge in [-0.15, -0.1) is 0 Å². The van der Waals surface area contributed by atoms with E-state index in [1.165, 1.54) is 45.2 Å².